The van der Waals surface area contributed by atoms with Crippen molar-refractivity contribution >= 4 is 40.5 Å². The first kappa shape index (κ1) is 22.0. The summed E-state index contributed by atoms with van der Waals surface area (Å²) in [6.45, 7) is 1.62. The van der Waals surface area contributed by atoms with Crippen LogP contribution in [0.5, 0.6) is 11.5 Å². The van der Waals surface area contributed by atoms with Crippen LogP contribution in [0.15, 0.2) is 17.7 Å². The number of carbonyl (C=O) groups excluding carboxylic acids is 1. The first-order valence-corrected chi connectivity index (χ1v) is 10.1. The normalized spacial score (nSPS) is 19.4. The predicted octanol–water partition coefficient (Wildman–Crippen LogP) is 3.37. The number of ether oxygens (including phenoxy) is 2. The highest BCUT2D eigenvalue weighted by Gasteiger charge is 2.24. The lowest BCUT2D eigenvalue weighted by atomic mass is 9.86. The van der Waals surface area contributed by atoms with Gasteiger partial charge in [0, 0.05) is 6.04 Å². The molecule has 1 amide bonds. The number of amides is 1. The number of benzene rings is 1. The Morgan fingerprint density at radius 2 is 2.11 bits per heavy atom. The lowest BCUT2D eigenvalue weighted by Crippen LogP contribution is -2.41. The Kier molecular flexibility index (Phi) is 8.11. The summed E-state index contributed by atoms with van der Waals surface area (Å²) in [6.07, 6.45) is 5.74. The fraction of sp³-hybridized carbons (Fsp3) is 0.450. The van der Waals surface area contributed by atoms with Crippen LogP contribution in [0.2, 0.25) is 0 Å². The van der Waals surface area contributed by atoms with Gasteiger partial charge in [-0.15, -0.1) is 0 Å². The molecule has 150 valence electrons. The molecule has 1 fully saturated rings. The summed E-state index contributed by atoms with van der Waals surface area (Å²) in [6, 6.07) is 5.35. The quantitative estimate of drug-likeness (QED) is 0.339. The summed E-state index contributed by atoms with van der Waals surface area (Å²) in [5.74, 6) is -0.451. The van der Waals surface area contributed by atoms with Gasteiger partial charge in [0.1, 0.15) is 11.6 Å². The van der Waals surface area contributed by atoms with E-state index in [-0.39, 0.29) is 17.5 Å². The van der Waals surface area contributed by atoms with Gasteiger partial charge < -0.3 is 19.9 Å². The molecule has 2 atom stereocenters. The maximum atomic E-state index is 12.6. The number of carboxylic acid groups (broad SMARTS) is 1. The molecule has 0 saturated heterocycles. The fourth-order valence-corrected chi connectivity index (χ4v) is 3.97. The average Bonchev–Trinajstić information content (AvgIpc) is 2.66. The number of rotatable bonds is 7. The second-order valence-electron chi connectivity index (χ2n) is 6.73. The Balaban J connectivity index is 2.23. The number of hydrogen-bond donors (Lipinski definition) is 2. The third kappa shape index (κ3) is 5.86. The van der Waals surface area contributed by atoms with Crippen molar-refractivity contribution in [2.75, 3.05) is 13.7 Å². The topological polar surface area (TPSA) is 109 Å². The lowest BCUT2D eigenvalue weighted by Gasteiger charge is -2.29. The standard InChI is InChI=1S/C20H23IN2O5/c1-12-5-3-4-6-16(12)23-20(26)14(10-22)7-13-8-15(21)19(17(9-13)27-2)28-11-18(24)25/h7-9,12,16H,3-6,11H2,1-2H3,(H,23,26)(H,24,25)/b14-7+/t12-,16-/m0/s1. The number of methoxy groups -OCH3 is 1. The van der Waals surface area contributed by atoms with Crippen molar-refractivity contribution in [3.63, 3.8) is 0 Å². The molecular formula is C20H23IN2O5. The zero-order valence-corrected chi connectivity index (χ0v) is 18.0. The van der Waals surface area contributed by atoms with Crippen LogP contribution < -0.4 is 14.8 Å². The molecule has 1 aliphatic carbocycles. The summed E-state index contributed by atoms with van der Waals surface area (Å²) < 4.78 is 11.2. The Labute approximate surface area is 177 Å². The summed E-state index contributed by atoms with van der Waals surface area (Å²) >= 11 is 1.99. The van der Waals surface area contributed by atoms with Crippen molar-refractivity contribution in [1.29, 1.82) is 5.26 Å². The van der Waals surface area contributed by atoms with E-state index in [2.05, 4.69) is 12.2 Å². The van der Waals surface area contributed by atoms with Crippen molar-refractivity contribution in [1.82, 2.24) is 5.32 Å². The van der Waals surface area contributed by atoms with Crippen molar-refractivity contribution in [2.24, 2.45) is 5.92 Å². The van der Waals surface area contributed by atoms with Crippen molar-refractivity contribution in [2.45, 2.75) is 38.6 Å². The molecule has 2 N–H and O–H groups in total. The van der Waals surface area contributed by atoms with Gasteiger partial charge in [-0.1, -0.05) is 19.8 Å². The second-order valence-corrected chi connectivity index (χ2v) is 7.89. The molecule has 1 aromatic carbocycles. The number of aliphatic carboxylic acids is 1. The van der Waals surface area contributed by atoms with E-state index in [1.54, 1.807) is 12.1 Å². The number of carbonyl (C=O) groups is 2. The lowest BCUT2D eigenvalue weighted by molar-refractivity contribution is -0.139. The van der Waals surface area contributed by atoms with Gasteiger partial charge >= 0.3 is 5.97 Å². The zero-order chi connectivity index (χ0) is 20.7. The summed E-state index contributed by atoms with van der Waals surface area (Å²) in [5.41, 5.74) is 0.599. The average molecular weight is 498 g/mol. The third-order valence-electron chi connectivity index (χ3n) is 4.70. The van der Waals surface area contributed by atoms with Crippen LogP contribution >= 0.6 is 22.6 Å². The number of hydrogen-bond acceptors (Lipinski definition) is 5. The smallest absolute Gasteiger partial charge is 0.341 e. The molecule has 0 bridgehead atoms. The maximum absolute atomic E-state index is 12.6. The third-order valence-corrected chi connectivity index (χ3v) is 5.50. The van der Waals surface area contributed by atoms with Crippen LogP contribution in [-0.4, -0.2) is 36.7 Å². The molecule has 1 aliphatic rings. The van der Waals surface area contributed by atoms with Gasteiger partial charge in [0.15, 0.2) is 18.1 Å². The van der Waals surface area contributed by atoms with E-state index in [9.17, 15) is 14.9 Å². The van der Waals surface area contributed by atoms with E-state index in [0.717, 1.165) is 19.3 Å². The molecule has 8 heteroatoms. The van der Waals surface area contributed by atoms with E-state index in [4.69, 9.17) is 14.6 Å². The molecule has 28 heavy (non-hydrogen) atoms. The largest absolute Gasteiger partial charge is 0.493 e. The predicted molar refractivity (Wildman–Crippen MR) is 112 cm³/mol. The minimum Gasteiger partial charge on any atom is -0.493 e. The van der Waals surface area contributed by atoms with Crippen LogP contribution in [0.25, 0.3) is 6.08 Å². The zero-order valence-electron chi connectivity index (χ0n) is 15.8. The van der Waals surface area contributed by atoms with E-state index >= 15 is 0 Å². The molecule has 0 radical (unpaired) electrons. The van der Waals surface area contributed by atoms with Crippen LogP contribution in [0.4, 0.5) is 0 Å². The molecule has 0 unspecified atom stereocenters. The van der Waals surface area contributed by atoms with Crippen molar-refractivity contribution in [3.05, 3.63) is 26.8 Å². The van der Waals surface area contributed by atoms with Gasteiger partial charge in [-0.05, 0) is 65.1 Å². The van der Waals surface area contributed by atoms with Gasteiger partial charge in [-0.25, -0.2) is 4.79 Å². The minimum atomic E-state index is -1.10. The van der Waals surface area contributed by atoms with E-state index < -0.39 is 12.6 Å². The summed E-state index contributed by atoms with van der Waals surface area (Å²) in [5, 5.41) is 21.2. The number of nitrogens with zero attached hydrogens (tertiary/aromatic N) is 1. The first-order valence-electron chi connectivity index (χ1n) is 9.00. The number of nitriles is 1. The van der Waals surface area contributed by atoms with Gasteiger partial charge in [0.2, 0.25) is 0 Å². The highest BCUT2D eigenvalue weighted by Crippen LogP contribution is 2.34. The molecule has 0 spiro atoms. The Hall–Kier alpha value is -2.28. The number of halogens is 1. The fourth-order valence-electron chi connectivity index (χ4n) is 3.19. The maximum Gasteiger partial charge on any atom is 0.341 e. The SMILES string of the molecule is COc1cc(/C=C(\C#N)C(=O)N[C@H]2CCCC[C@@H]2C)cc(I)c1OCC(=O)O. The molecule has 1 saturated carbocycles. The van der Waals surface area contributed by atoms with Gasteiger partial charge in [0.25, 0.3) is 5.91 Å². The highest BCUT2D eigenvalue weighted by atomic mass is 127. The molecule has 0 aliphatic heterocycles. The first-order chi connectivity index (χ1) is 13.3. The number of carboxylic acids is 1. The monoisotopic (exact) mass is 498 g/mol. The second kappa shape index (κ2) is 10.3. The summed E-state index contributed by atoms with van der Waals surface area (Å²) in [4.78, 5) is 23.3. The molecule has 0 aromatic heterocycles. The van der Waals surface area contributed by atoms with Crippen LogP contribution in [-0.2, 0) is 9.59 Å². The molecule has 1 aromatic rings. The van der Waals surface area contributed by atoms with Gasteiger partial charge in [-0.2, -0.15) is 5.26 Å². The highest BCUT2D eigenvalue weighted by molar-refractivity contribution is 14.1. The molecule has 0 heterocycles. The van der Waals surface area contributed by atoms with E-state index in [1.807, 2.05) is 28.7 Å². The molecular weight excluding hydrogens is 475 g/mol. The Morgan fingerprint density at radius 1 is 1.39 bits per heavy atom. The van der Waals surface area contributed by atoms with Crippen molar-refractivity contribution in [3.8, 4) is 17.6 Å². The van der Waals surface area contributed by atoms with Gasteiger partial charge in [0.05, 0.1) is 10.7 Å². The van der Waals surface area contributed by atoms with E-state index in [0.29, 0.717) is 26.6 Å². The van der Waals surface area contributed by atoms with Crippen LogP contribution in [0, 0.1) is 20.8 Å². The van der Waals surface area contributed by atoms with Crippen molar-refractivity contribution < 1.29 is 24.2 Å². The van der Waals surface area contributed by atoms with E-state index in [1.165, 1.54) is 19.6 Å². The van der Waals surface area contributed by atoms with Crippen LogP contribution in [0.1, 0.15) is 38.2 Å². The number of nitrogens with one attached hydrogen (secondary N) is 1. The Morgan fingerprint density at radius 3 is 2.71 bits per heavy atom. The molecule has 2 rings (SSSR count). The Bertz CT molecular complexity index is 816. The van der Waals surface area contributed by atoms with Crippen LogP contribution in [0.3, 0.4) is 0 Å². The minimum absolute atomic E-state index is 0.00910. The molecule has 7 nitrogen and oxygen atoms in total. The van der Waals surface area contributed by atoms with Gasteiger partial charge in [-0.3, -0.25) is 4.79 Å². The summed E-state index contributed by atoms with van der Waals surface area (Å²) in [7, 11) is 1.44.